The lowest BCUT2D eigenvalue weighted by molar-refractivity contribution is 0.0599. The molecule has 0 saturated carbocycles. The number of furan rings is 1. The summed E-state index contributed by atoms with van der Waals surface area (Å²) in [6, 6.07) is 1.67. The lowest BCUT2D eigenvalue weighted by atomic mass is 10.2. The average molecular weight is 492 g/mol. The lowest BCUT2D eigenvalue weighted by Crippen LogP contribution is -2.36. The summed E-state index contributed by atoms with van der Waals surface area (Å²) in [5.41, 5.74) is 1.49. The number of thiazole rings is 1. The molecule has 0 saturated heterocycles. The normalized spacial score (nSPS) is 11.0. The summed E-state index contributed by atoms with van der Waals surface area (Å²) in [6.07, 6.45) is 0. The Morgan fingerprint density at radius 1 is 1.35 bits per heavy atom. The number of nitrogens with one attached hydrogen (secondary N) is 2. The van der Waals surface area contributed by atoms with Crippen molar-refractivity contribution in [1.82, 2.24) is 15.6 Å². The summed E-state index contributed by atoms with van der Waals surface area (Å²) in [6.45, 7) is 9.48. The number of methoxy groups -OCH3 is 1. The minimum atomic E-state index is -0.406. The Hall–Kier alpha value is -1.62. The van der Waals surface area contributed by atoms with Crippen molar-refractivity contribution in [3.63, 3.8) is 0 Å². The molecule has 0 fully saturated rings. The van der Waals surface area contributed by atoms with Gasteiger partial charge >= 0.3 is 5.97 Å². The van der Waals surface area contributed by atoms with Crippen molar-refractivity contribution in [2.75, 3.05) is 13.7 Å². The zero-order valence-electron chi connectivity index (χ0n) is 15.6. The minimum absolute atomic E-state index is 0. The Morgan fingerprint density at radius 2 is 2.08 bits per heavy atom. The Kier molecular flexibility index (Phi) is 9.06. The number of hydrogen-bond donors (Lipinski definition) is 2. The van der Waals surface area contributed by atoms with Crippen LogP contribution in [-0.2, 0) is 17.8 Å². The van der Waals surface area contributed by atoms with Crippen molar-refractivity contribution in [3.8, 4) is 0 Å². The van der Waals surface area contributed by atoms with E-state index in [1.165, 1.54) is 12.0 Å². The van der Waals surface area contributed by atoms with E-state index in [0.717, 1.165) is 17.2 Å². The first-order valence-corrected chi connectivity index (χ1v) is 8.89. The maximum atomic E-state index is 11.6. The molecule has 2 aromatic rings. The summed E-state index contributed by atoms with van der Waals surface area (Å²) < 4.78 is 10.3. The third-order valence-electron chi connectivity index (χ3n) is 3.59. The van der Waals surface area contributed by atoms with Gasteiger partial charge in [0.1, 0.15) is 28.6 Å². The van der Waals surface area contributed by atoms with Crippen LogP contribution in [0.25, 0.3) is 0 Å². The largest absolute Gasteiger partial charge is 0.465 e. The van der Waals surface area contributed by atoms with Crippen LogP contribution in [0.5, 0.6) is 0 Å². The van der Waals surface area contributed by atoms with Gasteiger partial charge in [-0.2, -0.15) is 0 Å². The Labute approximate surface area is 174 Å². The van der Waals surface area contributed by atoms with E-state index in [2.05, 4.69) is 27.5 Å². The molecule has 0 radical (unpaired) electrons. The number of carbonyl (C=O) groups excluding carboxylic acids is 1. The molecule has 0 aliphatic carbocycles. The second kappa shape index (κ2) is 10.5. The Bertz CT molecular complexity index is 751. The van der Waals surface area contributed by atoms with Crippen molar-refractivity contribution in [1.29, 1.82) is 0 Å². The molecule has 7 nitrogen and oxygen atoms in total. The van der Waals surface area contributed by atoms with Gasteiger partial charge < -0.3 is 19.8 Å². The standard InChI is InChI=1S/C17H24N4O3S.HI/c1-6-18-17(20-9-15-21-10(2)12(4)25-15)19-8-13-7-14(11(3)24-13)16(22)23-5;/h7H,6,8-9H2,1-5H3,(H2,18,19,20);1H. The molecule has 0 aliphatic heterocycles. The van der Waals surface area contributed by atoms with Crippen LogP contribution in [0.3, 0.4) is 0 Å². The van der Waals surface area contributed by atoms with E-state index < -0.39 is 5.97 Å². The van der Waals surface area contributed by atoms with Crippen molar-refractivity contribution in [3.05, 3.63) is 38.7 Å². The first-order valence-electron chi connectivity index (χ1n) is 8.07. The van der Waals surface area contributed by atoms with Gasteiger partial charge in [0.25, 0.3) is 0 Å². The monoisotopic (exact) mass is 492 g/mol. The number of nitrogens with zero attached hydrogens (tertiary/aromatic N) is 2. The summed E-state index contributed by atoms with van der Waals surface area (Å²) in [7, 11) is 1.35. The van der Waals surface area contributed by atoms with Gasteiger partial charge in [-0.05, 0) is 33.8 Å². The van der Waals surface area contributed by atoms with Crippen LogP contribution in [0.2, 0.25) is 0 Å². The molecule has 9 heteroatoms. The number of carbonyl (C=O) groups is 1. The van der Waals surface area contributed by atoms with Gasteiger partial charge in [0, 0.05) is 11.4 Å². The fourth-order valence-corrected chi connectivity index (χ4v) is 3.08. The van der Waals surface area contributed by atoms with Crippen molar-refractivity contribution in [2.24, 2.45) is 4.99 Å². The summed E-state index contributed by atoms with van der Waals surface area (Å²) in [5, 5.41) is 7.46. The minimum Gasteiger partial charge on any atom is -0.465 e. The van der Waals surface area contributed by atoms with Crippen molar-refractivity contribution < 1.29 is 13.9 Å². The first-order chi connectivity index (χ1) is 11.9. The van der Waals surface area contributed by atoms with E-state index >= 15 is 0 Å². The summed E-state index contributed by atoms with van der Waals surface area (Å²) >= 11 is 1.67. The van der Waals surface area contributed by atoms with Crippen LogP contribution >= 0.6 is 35.3 Å². The van der Waals surface area contributed by atoms with E-state index in [-0.39, 0.29) is 24.0 Å². The number of hydrogen-bond acceptors (Lipinski definition) is 6. The SMILES string of the molecule is CCNC(=NCc1cc(C(=O)OC)c(C)o1)NCc1nc(C)c(C)s1.I. The highest BCUT2D eigenvalue weighted by atomic mass is 127. The molecule has 2 N–H and O–H groups in total. The smallest absolute Gasteiger partial charge is 0.341 e. The second-order valence-electron chi connectivity index (χ2n) is 5.47. The van der Waals surface area contributed by atoms with E-state index in [0.29, 0.717) is 36.1 Å². The number of ether oxygens (including phenoxy) is 1. The Balaban J connectivity index is 0.00000338. The van der Waals surface area contributed by atoms with Crippen LogP contribution < -0.4 is 10.6 Å². The predicted molar refractivity (Wildman–Crippen MR) is 113 cm³/mol. The van der Waals surface area contributed by atoms with Gasteiger partial charge in [0.2, 0.25) is 0 Å². The van der Waals surface area contributed by atoms with Gasteiger partial charge in [-0.1, -0.05) is 0 Å². The summed E-state index contributed by atoms with van der Waals surface area (Å²) in [5.74, 6) is 1.40. The fraction of sp³-hybridized carbons (Fsp3) is 0.471. The highest BCUT2D eigenvalue weighted by Crippen LogP contribution is 2.17. The first kappa shape index (κ1) is 22.4. The van der Waals surface area contributed by atoms with E-state index in [4.69, 9.17) is 9.15 Å². The summed E-state index contributed by atoms with van der Waals surface area (Å²) in [4.78, 5) is 21.9. The second-order valence-corrected chi connectivity index (χ2v) is 6.76. The lowest BCUT2D eigenvalue weighted by Gasteiger charge is -2.09. The molecule has 0 amide bonds. The zero-order chi connectivity index (χ0) is 18.4. The molecule has 2 aromatic heterocycles. The van der Waals surface area contributed by atoms with E-state index in [9.17, 15) is 4.79 Å². The van der Waals surface area contributed by atoms with Gasteiger partial charge in [-0.25, -0.2) is 14.8 Å². The van der Waals surface area contributed by atoms with Gasteiger partial charge in [0.15, 0.2) is 5.96 Å². The third kappa shape index (κ3) is 5.97. The van der Waals surface area contributed by atoms with Crippen LogP contribution in [-0.4, -0.2) is 30.6 Å². The van der Waals surface area contributed by atoms with Gasteiger partial charge in [-0.15, -0.1) is 35.3 Å². The number of aliphatic imine (C=N–C) groups is 1. The molecule has 2 heterocycles. The van der Waals surface area contributed by atoms with Crippen LogP contribution in [0.4, 0.5) is 0 Å². The number of aromatic nitrogens is 1. The van der Waals surface area contributed by atoms with Crippen LogP contribution in [0.15, 0.2) is 15.5 Å². The van der Waals surface area contributed by atoms with Crippen molar-refractivity contribution >= 4 is 47.2 Å². The molecule has 0 unspecified atom stereocenters. The number of rotatable bonds is 6. The molecule has 0 spiro atoms. The highest BCUT2D eigenvalue weighted by Gasteiger charge is 2.15. The number of guanidine groups is 1. The number of esters is 1. The molecule has 2 rings (SSSR count). The van der Waals surface area contributed by atoms with Crippen molar-refractivity contribution in [2.45, 2.75) is 40.8 Å². The van der Waals surface area contributed by atoms with Gasteiger partial charge in [0.05, 0.1) is 19.3 Å². The molecule has 144 valence electrons. The molecule has 0 aromatic carbocycles. The Morgan fingerprint density at radius 3 is 2.65 bits per heavy atom. The predicted octanol–water partition coefficient (Wildman–Crippen LogP) is 3.32. The maximum Gasteiger partial charge on any atom is 0.341 e. The molecule has 0 aliphatic rings. The maximum absolute atomic E-state index is 11.6. The van der Waals surface area contributed by atoms with Crippen LogP contribution in [0.1, 0.15) is 44.4 Å². The molecule has 26 heavy (non-hydrogen) atoms. The molecule has 0 bridgehead atoms. The molecular weight excluding hydrogens is 467 g/mol. The quantitative estimate of drug-likeness (QED) is 0.279. The molecule has 0 atom stereocenters. The topological polar surface area (TPSA) is 88.8 Å². The van der Waals surface area contributed by atoms with Crippen LogP contribution in [0, 0.1) is 20.8 Å². The average Bonchev–Trinajstić information content (AvgIpc) is 3.11. The third-order valence-corrected chi connectivity index (χ3v) is 4.66. The van der Waals surface area contributed by atoms with E-state index in [1.54, 1.807) is 24.3 Å². The van der Waals surface area contributed by atoms with Gasteiger partial charge in [-0.3, -0.25) is 0 Å². The number of halogens is 1. The fourth-order valence-electron chi connectivity index (χ4n) is 2.21. The zero-order valence-corrected chi connectivity index (χ0v) is 18.8. The highest BCUT2D eigenvalue weighted by molar-refractivity contribution is 14.0. The molecular formula is C17H25IN4O3S. The van der Waals surface area contributed by atoms with E-state index in [1.807, 2.05) is 13.8 Å². The number of aryl methyl sites for hydroxylation is 3.